The number of piperidine rings is 1. The van der Waals surface area contributed by atoms with Gasteiger partial charge in [0, 0.05) is 38.3 Å². The molecule has 2 rings (SSSR count). The van der Waals surface area contributed by atoms with E-state index in [9.17, 15) is 4.79 Å². The van der Waals surface area contributed by atoms with E-state index in [2.05, 4.69) is 46.6 Å². The summed E-state index contributed by atoms with van der Waals surface area (Å²) in [5.74, 6) is 0.933. The lowest BCUT2D eigenvalue weighted by atomic mass is 10.0. The summed E-state index contributed by atoms with van der Waals surface area (Å²) in [6.07, 6.45) is 3.74. The van der Waals surface area contributed by atoms with Crippen LogP contribution in [-0.4, -0.2) is 61.6 Å². The number of likely N-dealkylation sites (tertiary alicyclic amines) is 1. The number of rotatable bonds is 7. The Labute approximate surface area is 173 Å². The van der Waals surface area contributed by atoms with Crippen LogP contribution in [-0.2, 0) is 0 Å². The van der Waals surface area contributed by atoms with Gasteiger partial charge in [-0.25, -0.2) is 0 Å². The average Bonchev–Trinajstić information content (AvgIpc) is 3.14. The van der Waals surface area contributed by atoms with Gasteiger partial charge in [0.05, 0.1) is 12.8 Å². The molecule has 0 aliphatic carbocycles. The highest BCUT2D eigenvalue weighted by Crippen LogP contribution is 2.12. The van der Waals surface area contributed by atoms with Crippen LogP contribution in [0.25, 0.3) is 0 Å². The quantitative estimate of drug-likeness (QED) is 0.243. The maximum Gasteiger partial charge on any atom is 0.287 e. The van der Waals surface area contributed by atoms with E-state index in [4.69, 9.17) is 4.42 Å². The second kappa shape index (κ2) is 12.2. The zero-order valence-electron chi connectivity index (χ0n) is 16.0. The highest BCUT2D eigenvalue weighted by Gasteiger charge is 2.21. The van der Waals surface area contributed by atoms with E-state index >= 15 is 0 Å². The lowest BCUT2D eigenvalue weighted by Crippen LogP contribution is -2.50. The molecule has 1 aliphatic heterocycles. The number of halogens is 1. The van der Waals surface area contributed by atoms with Gasteiger partial charge in [-0.2, -0.15) is 0 Å². The van der Waals surface area contributed by atoms with Crippen molar-refractivity contribution in [3.8, 4) is 0 Å². The number of nitrogens with zero attached hydrogens (tertiary/aromatic N) is 2. The van der Waals surface area contributed by atoms with Crippen molar-refractivity contribution in [2.45, 2.75) is 45.7 Å². The van der Waals surface area contributed by atoms with Gasteiger partial charge in [-0.1, -0.05) is 0 Å². The first-order chi connectivity index (χ1) is 12.1. The van der Waals surface area contributed by atoms with Crippen LogP contribution in [0.2, 0.25) is 0 Å². The maximum absolute atomic E-state index is 11.8. The zero-order valence-corrected chi connectivity index (χ0v) is 18.3. The van der Waals surface area contributed by atoms with Gasteiger partial charge in [-0.05, 0) is 45.7 Å². The molecular formula is C18H32IN5O2. The first kappa shape index (κ1) is 22.8. The van der Waals surface area contributed by atoms with Gasteiger partial charge in [0.25, 0.3) is 5.91 Å². The van der Waals surface area contributed by atoms with Gasteiger partial charge in [0.1, 0.15) is 0 Å². The van der Waals surface area contributed by atoms with Crippen LogP contribution in [0.3, 0.4) is 0 Å². The van der Waals surface area contributed by atoms with Crippen molar-refractivity contribution in [2.24, 2.45) is 4.99 Å². The Hall–Kier alpha value is -1.29. The van der Waals surface area contributed by atoms with Crippen molar-refractivity contribution in [3.05, 3.63) is 24.2 Å². The summed E-state index contributed by atoms with van der Waals surface area (Å²) in [6, 6.07) is 4.41. The standard InChI is InChI=1S/C18H31N5O2.HI/c1-4-19-18(22-15-7-11-23(12-8-15)14(2)3)21-10-9-20-17(24)16-6-5-13-25-16;/h5-6,13-15H,4,7-12H2,1-3H3,(H,20,24)(H2,19,21,22);1H. The molecule has 1 aromatic heterocycles. The minimum absolute atomic E-state index is 0. The Morgan fingerprint density at radius 2 is 2.08 bits per heavy atom. The van der Waals surface area contributed by atoms with Crippen LogP contribution in [0.4, 0.5) is 0 Å². The molecule has 0 saturated carbocycles. The fourth-order valence-corrected chi connectivity index (χ4v) is 2.91. The minimum Gasteiger partial charge on any atom is -0.459 e. The lowest BCUT2D eigenvalue weighted by molar-refractivity contribution is 0.0927. The number of hydrogen-bond acceptors (Lipinski definition) is 4. The molecule has 8 heteroatoms. The summed E-state index contributed by atoms with van der Waals surface area (Å²) in [5, 5.41) is 9.59. The minimum atomic E-state index is -0.209. The van der Waals surface area contributed by atoms with E-state index in [1.54, 1.807) is 12.1 Å². The summed E-state index contributed by atoms with van der Waals surface area (Å²) in [4.78, 5) is 18.8. The fraction of sp³-hybridized carbons (Fsp3) is 0.667. The van der Waals surface area contributed by atoms with E-state index in [-0.39, 0.29) is 29.9 Å². The lowest BCUT2D eigenvalue weighted by Gasteiger charge is -2.35. The first-order valence-corrected chi connectivity index (χ1v) is 9.20. The van der Waals surface area contributed by atoms with Crippen LogP contribution >= 0.6 is 24.0 Å². The molecule has 0 bridgehead atoms. The van der Waals surface area contributed by atoms with Crippen molar-refractivity contribution >= 4 is 35.8 Å². The van der Waals surface area contributed by atoms with Gasteiger partial charge in [-0.15, -0.1) is 24.0 Å². The Bertz CT molecular complexity index is 540. The first-order valence-electron chi connectivity index (χ1n) is 9.20. The molecule has 1 amide bonds. The number of carbonyl (C=O) groups is 1. The topological polar surface area (TPSA) is 81.9 Å². The molecule has 148 valence electrons. The molecule has 3 N–H and O–H groups in total. The van der Waals surface area contributed by atoms with Crippen LogP contribution < -0.4 is 16.0 Å². The number of nitrogens with one attached hydrogen (secondary N) is 3. The maximum atomic E-state index is 11.8. The van der Waals surface area contributed by atoms with Crippen molar-refractivity contribution in [3.63, 3.8) is 0 Å². The zero-order chi connectivity index (χ0) is 18.1. The van der Waals surface area contributed by atoms with Gasteiger partial charge < -0.3 is 25.3 Å². The van der Waals surface area contributed by atoms with Crippen LogP contribution in [0, 0.1) is 0 Å². The van der Waals surface area contributed by atoms with E-state index in [1.165, 1.54) is 6.26 Å². The molecule has 0 aromatic carbocycles. The summed E-state index contributed by atoms with van der Waals surface area (Å²) in [6.45, 7) is 10.6. The molecule has 0 atom stereocenters. The molecule has 0 radical (unpaired) electrons. The third kappa shape index (κ3) is 7.53. The van der Waals surface area contributed by atoms with Crippen molar-refractivity contribution in [2.75, 3.05) is 32.7 Å². The molecule has 1 saturated heterocycles. The number of amides is 1. The molecular weight excluding hydrogens is 445 g/mol. The molecule has 0 unspecified atom stereocenters. The molecule has 2 heterocycles. The average molecular weight is 477 g/mol. The summed E-state index contributed by atoms with van der Waals surface area (Å²) < 4.78 is 5.06. The predicted octanol–water partition coefficient (Wildman–Crippen LogP) is 2.06. The van der Waals surface area contributed by atoms with Gasteiger partial charge in [0.15, 0.2) is 11.7 Å². The van der Waals surface area contributed by atoms with E-state index in [0.717, 1.165) is 38.4 Å². The van der Waals surface area contributed by atoms with Crippen molar-refractivity contribution < 1.29 is 9.21 Å². The Kier molecular flexibility index (Phi) is 10.6. The number of carbonyl (C=O) groups excluding carboxylic acids is 1. The highest BCUT2D eigenvalue weighted by atomic mass is 127. The number of hydrogen-bond donors (Lipinski definition) is 3. The molecule has 1 aliphatic rings. The molecule has 0 spiro atoms. The van der Waals surface area contributed by atoms with E-state index in [0.29, 0.717) is 30.9 Å². The van der Waals surface area contributed by atoms with Crippen LogP contribution in [0.5, 0.6) is 0 Å². The predicted molar refractivity (Wildman–Crippen MR) is 115 cm³/mol. The third-order valence-electron chi connectivity index (χ3n) is 4.36. The fourth-order valence-electron chi connectivity index (χ4n) is 2.91. The van der Waals surface area contributed by atoms with Crippen LogP contribution in [0.1, 0.15) is 44.2 Å². The SMILES string of the molecule is CCNC(=NCCNC(=O)c1ccco1)NC1CCN(C(C)C)CC1.I. The van der Waals surface area contributed by atoms with Gasteiger partial charge >= 0.3 is 0 Å². The second-order valence-electron chi connectivity index (χ2n) is 6.54. The number of furan rings is 1. The number of aliphatic imine (C=N–C) groups is 1. The van der Waals surface area contributed by atoms with Crippen molar-refractivity contribution in [1.29, 1.82) is 0 Å². The Balaban J connectivity index is 0.00000338. The van der Waals surface area contributed by atoms with Crippen molar-refractivity contribution in [1.82, 2.24) is 20.9 Å². The summed E-state index contributed by atoms with van der Waals surface area (Å²) in [7, 11) is 0. The monoisotopic (exact) mass is 477 g/mol. The molecule has 7 nitrogen and oxygen atoms in total. The second-order valence-corrected chi connectivity index (χ2v) is 6.54. The molecule has 1 aromatic rings. The normalized spacial score (nSPS) is 16.2. The number of guanidine groups is 1. The van der Waals surface area contributed by atoms with E-state index < -0.39 is 0 Å². The third-order valence-corrected chi connectivity index (χ3v) is 4.36. The highest BCUT2D eigenvalue weighted by molar-refractivity contribution is 14.0. The van der Waals surface area contributed by atoms with Gasteiger partial charge in [-0.3, -0.25) is 9.79 Å². The summed E-state index contributed by atoms with van der Waals surface area (Å²) in [5.41, 5.74) is 0. The van der Waals surface area contributed by atoms with Gasteiger partial charge in [0.2, 0.25) is 0 Å². The smallest absolute Gasteiger partial charge is 0.287 e. The summed E-state index contributed by atoms with van der Waals surface area (Å²) >= 11 is 0. The van der Waals surface area contributed by atoms with E-state index in [1.807, 2.05) is 0 Å². The van der Waals surface area contributed by atoms with Crippen LogP contribution in [0.15, 0.2) is 27.8 Å². The Morgan fingerprint density at radius 3 is 2.65 bits per heavy atom. The molecule has 1 fully saturated rings. The largest absolute Gasteiger partial charge is 0.459 e. The molecule has 26 heavy (non-hydrogen) atoms. The Morgan fingerprint density at radius 1 is 1.35 bits per heavy atom.